The summed E-state index contributed by atoms with van der Waals surface area (Å²) in [5.74, 6) is -0.0312. The van der Waals surface area contributed by atoms with Gasteiger partial charge in [0, 0.05) is 13.1 Å². The van der Waals surface area contributed by atoms with Gasteiger partial charge in [0.15, 0.2) is 0 Å². The number of thiol groups is 1. The predicted molar refractivity (Wildman–Crippen MR) is 45.1 cm³/mol. The van der Waals surface area contributed by atoms with Crippen molar-refractivity contribution in [3.05, 3.63) is 0 Å². The second kappa shape index (κ2) is 5.56. The molecule has 0 spiro atoms. The molecule has 0 aliphatic carbocycles. The Morgan fingerprint density at radius 1 is 1.80 bits per heavy atom. The number of carbonyl (C=O) groups is 1. The van der Waals surface area contributed by atoms with Crippen LogP contribution in [0.3, 0.4) is 0 Å². The first-order valence-corrected chi connectivity index (χ1v) is 3.89. The van der Waals surface area contributed by atoms with E-state index >= 15 is 0 Å². The summed E-state index contributed by atoms with van der Waals surface area (Å²) in [6.45, 7) is 2.94. The number of amides is 1. The molecule has 0 rings (SSSR count). The lowest BCUT2D eigenvalue weighted by Gasteiger charge is -2.07. The summed E-state index contributed by atoms with van der Waals surface area (Å²) in [7, 11) is 0. The number of nitrogens with two attached hydrogens (primary N) is 1. The highest BCUT2D eigenvalue weighted by atomic mass is 32.1. The van der Waals surface area contributed by atoms with Crippen molar-refractivity contribution in [2.24, 2.45) is 5.73 Å². The maximum Gasteiger partial charge on any atom is 0.232 e. The summed E-state index contributed by atoms with van der Waals surface area (Å²) in [5, 5.41) is 2.45. The first kappa shape index (κ1) is 9.78. The lowest BCUT2D eigenvalue weighted by molar-refractivity contribution is -0.120. The molecule has 1 amide bonds. The third-order valence-corrected chi connectivity index (χ3v) is 1.73. The first-order valence-electron chi connectivity index (χ1n) is 3.38. The van der Waals surface area contributed by atoms with E-state index in [-0.39, 0.29) is 11.2 Å². The Morgan fingerprint density at radius 2 is 2.40 bits per heavy atom. The zero-order valence-corrected chi connectivity index (χ0v) is 7.03. The SMILES string of the molecule is CCC(S)C(=O)NCCN. The molecule has 3 nitrogen and oxygen atoms in total. The molecule has 1 atom stereocenters. The average Bonchev–Trinajstić information content (AvgIpc) is 1.98. The Balaban J connectivity index is 3.42. The fraction of sp³-hybridized carbons (Fsp3) is 0.833. The van der Waals surface area contributed by atoms with Crippen molar-refractivity contribution in [2.45, 2.75) is 18.6 Å². The third kappa shape index (κ3) is 3.74. The standard InChI is InChI=1S/C6H14N2OS/c1-2-5(10)6(9)8-4-3-7/h5,10H,2-4,7H2,1H3,(H,8,9). The molecule has 4 heteroatoms. The van der Waals surface area contributed by atoms with E-state index in [4.69, 9.17) is 5.73 Å². The quantitative estimate of drug-likeness (QED) is 0.500. The van der Waals surface area contributed by atoms with Gasteiger partial charge in [0.25, 0.3) is 0 Å². The Bertz CT molecular complexity index is 108. The van der Waals surface area contributed by atoms with Gasteiger partial charge in [-0.05, 0) is 6.42 Å². The molecule has 0 heterocycles. The molecule has 60 valence electrons. The zero-order valence-electron chi connectivity index (χ0n) is 6.13. The molecule has 0 aromatic carbocycles. The van der Waals surface area contributed by atoms with E-state index in [2.05, 4.69) is 17.9 Å². The van der Waals surface area contributed by atoms with E-state index in [1.54, 1.807) is 0 Å². The fourth-order valence-corrected chi connectivity index (χ4v) is 0.590. The van der Waals surface area contributed by atoms with E-state index in [0.29, 0.717) is 13.1 Å². The van der Waals surface area contributed by atoms with Crippen molar-refractivity contribution in [2.75, 3.05) is 13.1 Å². The molecule has 0 aromatic rings. The summed E-state index contributed by atoms with van der Waals surface area (Å²) >= 11 is 4.04. The lowest BCUT2D eigenvalue weighted by atomic mass is 10.3. The monoisotopic (exact) mass is 162 g/mol. The van der Waals surface area contributed by atoms with E-state index in [1.165, 1.54) is 0 Å². The molecule has 3 N–H and O–H groups in total. The van der Waals surface area contributed by atoms with E-state index in [1.807, 2.05) is 6.92 Å². The fourth-order valence-electron chi connectivity index (χ4n) is 0.499. The number of nitrogens with one attached hydrogen (secondary N) is 1. The Labute approximate surface area is 66.8 Å². The van der Waals surface area contributed by atoms with Crippen LogP contribution in [0.15, 0.2) is 0 Å². The van der Waals surface area contributed by atoms with Gasteiger partial charge >= 0.3 is 0 Å². The molecule has 0 fully saturated rings. The molecule has 0 aliphatic rings. The van der Waals surface area contributed by atoms with E-state index in [9.17, 15) is 4.79 Å². The number of rotatable bonds is 4. The van der Waals surface area contributed by atoms with Crippen LogP contribution in [0.4, 0.5) is 0 Å². The second-order valence-corrected chi connectivity index (χ2v) is 2.63. The van der Waals surface area contributed by atoms with Gasteiger partial charge in [-0.15, -0.1) is 0 Å². The van der Waals surface area contributed by atoms with Gasteiger partial charge in [-0.3, -0.25) is 4.79 Å². The van der Waals surface area contributed by atoms with Crippen LogP contribution >= 0.6 is 12.6 Å². The maximum absolute atomic E-state index is 10.9. The topological polar surface area (TPSA) is 55.1 Å². The first-order chi connectivity index (χ1) is 4.72. The smallest absolute Gasteiger partial charge is 0.232 e. The Morgan fingerprint density at radius 3 is 2.80 bits per heavy atom. The molecule has 0 radical (unpaired) electrons. The molecule has 0 aliphatic heterocycles. The summed E-state index contributed by atoms with van der Waals surface area (Å²) in [6.07, 6.45) is 0.750. The number of carbonyl (C=O) groups excluding carboxylic acids is 1. The molecular formula is C6H14N2OS. The summed E-state index contributed by atoms with van der Waals surface area (Å²) in [5.41, 5.74) is 5.18. The van der Waals surface area contributed by atoms with Crippen LogP contribution in [0.2, 0.25) is 0 Å². The maximum atomic E-state index is 10.9. The van der Waals surface area contributed by atoms with Crippen LogP contribution in [0.25, 0.3) is 0 Å². The summed E-state index contributed by atoms with van der Waals surface area (Å²) in [4.78, 5) is 10.9. The molecule has 1 unspecified atom stereocenters. The average molecular weight is 162 g/mol. The molecular weight excluding hydrogens is 148 g/mol. The van der Waals surface area contributed by atoms with Crippen LogP contribution in [-0.2, 0) is 4.79 Å². The van der Waals surface area contributed by atoms with Gasteiger partial charge in [-0.2, -0.15) is 12.6 Å². The molecule has 10 heavy (non-hydrogen) atoms. The normalized spacial score (nSPS) is 12.7. The minimum Gasteiger partial charge on any atom is -0.354 e. The van der Waals surface area contributed by atoms with Crippen LogP contribution in [-0.4, -0.2) is 24.2 Å². The Kier molecular flexibility index (Phi) is 5.43. The van der Waals surface area contributed by atoms with Crippen molar-refractivity contribution in [1.29, 1.82) is 0 Å². The highest BCUT2D eigenvalue weighted by Crippen LogP contribution is 1.98. The largest absolute Gasteiger partial charge is 0.354 e. The number of hydrogen-bond acceptors (Lipinski definition) is 3. The summed E-state index contributed by atoms with van der Waals surface area (Å²) in [6, 6.07) is 0. The number of hydrogen-bond donors (Lipinski definition) is 3. The Hall–Kier alpha value is -0.220. The third-order valence-electron chi connectivity index (χ3n) is 1.13. The van der Waals surface area contributed by atoms with Crippen molar-refractivity contribution in [3.63, 3.8) is 0 Å². The van der Waals surface area contributed by atoms with Crippen LogP contribution < -0.4 is 11.1 Å². The van der Waals surface area contributed by atoms with Gasteiger partial charge in [-0.1, -0.05) is 6.92 Å². The second-order valence-electron chi connectivity index (χ2n) is 2.00. The van der Waals surface area contributed by atoms with Crippen molar-refractivity contribution < 1.29 is 4.79 Å². The summed E-state index contributed by atoms with van der Waals surface area (Å²) < 4.78 is 0. The molecule has 0 saturated carbocycles. The molecule has 0 saturated heterocycles. The predicted octanol–water partition coefficient (Wildman–Crippen LogP) is -0.230. The minimum atomic E-state index is -0.188. The highest BCUT2D eigenvalue weighted by molar-refractivity contribution is 7.81. The van der Waals surface area contributed by atoms with Crippen molar-refractivity contribution in [1.82, 2.24) is 5.32 Å². The van der Waals surface area contributed by atoms with E-state index in [0.717, 1.165) is 6.42 Å². The van der Waals surface area contributed by atoms with Crippen LogP contribution in [0.5, 0.6) is 0 Å². The molecule has 0 bridgehead atoms. The van der Waals surface area contributed by atoms with Gasteiger partial charge in [-0.25, -0.2) is 0 Å². The van der Waals surface area contributed by atoms with Crippen LogP contribution in [0, 0.1) is 0 Å². The lowest BCUT2D eigenvalue weighted by Crippen LogP contribution is -2.34. The van der Waals surface area contributed by atoms with Gasteiger partial charge in [0.2, 0.25) is 5.91 Å². The minimum absolute atomic E-state index is 0.0312. The van der Waals surface area contributed by atoms with Gasteiger partial charge in [0.1, 0.15) is 0 Å². The zero-order chi connectivity index (χ0) is 7.98. The van der Waals surface area contributed by atoms with Crippen LogP contribution in [0.1, 0.15) is 13.3 Å². The highest BCUT2D eigenvalue weighted by Gasteiger charge is 2.08. The van der Waals surface area contributed by atoms with E-state index < -0.39 is 0 Å². The molecule has 0 aromatic heterocycles. The van der Waals surface area contributed by atoms with Gasteiger partial charge in [0.05, 0.1) is 5.25 Å². The van der Waals surface area contributed by atoms with Crippen molar-refractivity contribution in [3.8, 4) is 0 Å². The van der Waals surface area contributed by atoms with Crippen molar-refractivity contribution >= 4 is 18.5 Å². The van der Waals surface area contributed by atoms with Gasteiger partial charge < -0.3 is 11.1 Å².